The Morgan fingerprint density at radius 3 is 2.33 bits per heavy atom. The van der Waals surface area contributed by atoms with Crippen molar-refractivity contribution in [2.24, 2.45) is 0 Å². The zero-order valence-electron chi connectivity index (χ0n) is 15.8. The van der Waals surface area contributed by atoms with Gasteiger partial charge in [0.05, 0.1) is 4.90 Å². The second kappa shape index (κ2) is 9.05. The van der Waals surface area contributed by atoms with E-state index in [1.54, 1.807) is 0 Å². The smallest absolute Gasteiger partial charge is 0.355 e. The molecule has 1 fully saturated rings. The van der Waals surface area contributed by atoms with E-state index in [0.29, 0.717) is 18.8 Å². The Bertz CT molecular complexity index is 1120. The van der Waals surface area contributed by atoms with Gasteiger partial charge in [-0.25, -0.2) is 18.0 Å². The monoisotopic (exact) mass is 436 g/mol. The molecule has 1 aliphatic rings. The molecule has 0 spiro atoms. The number of ether oxygens (including phenoxy) is 1. The molecule has 160 valence electrons. The summed E-state index contributed by atoms with van der Waals surface area (Å²) in [5.74, 6) is -1.72. The lowest BCUT2D eigenvalue weighted by molar-refractivity contribution is -0.119. The van der Waals surface area contributed by atoms with Crippen LogP contribution in [0.1, 0.15) is 29.8 Å². The first-order valence-corrected chi connectivity index (χ1v) is 10.6. The van der Waals surface area contributed by atoms with Crippen LogP contribution in [0.4, 0.5) is 5.69 Å². The summed E-state index contributed by atoms with van der Waals surface area (Å²) in [6, 6.07) is 6.50. The number of rotatable bonds is 6. The quantitative estimate of drug-likeness (QED) is 0.539. The van der Waals surface area contributed by atoms with Gasteiger partial charge in [0.1, 0.15) is 5.69 Å². The third-order valence-corrected chi connectivity index (χ3v) is 6.32. The molecule has 1 saturated heterocycles. The fourth-order valence-electron chi connectivity index (χ4n) is 2.95. The molecule has 1 aromatic heterocycles. The number of piperidine rings is 1. The Hall–Kier alpha value is -3.25. The summed E-state index contributed by atoms with van der Waals surface area (Å²) >= 11 is 0. The van der Waals surface area contributed by atoms with E-state index in [9.17, 15) is 27.6 Å². The highest BCUT2D eigenvalue weighted by molar-refractivity contribution is 7.89. The number of hydrogen-bond donors (Lipinski definition) is 3. The predicted octanol–water partition coefficient (Wildman–Crippen LogP) is 0.0333. The van der Waals surface area contributed by atoms with Gasteiger partial charge < -0.3 is 15.0 Å². The normalized spacial score (nSPS) is 14.8. The van der Waals surface area contributed by atoms with Gasteiger partial charge in [-0.3, -0.25) is 14.6 Å². The largest absolute Gasteiger partial charge is 0.451 e. The SMILES string of the molecule is O=C(COC(=O)c1cc(=O)[nH]c(=O)[nH]1)Nc1ccc(S(=O)(=O)N2CCCCC2)cc1. The number of aromatic nitrogens is 2. The molecule has 0 bridgehead atoms. The Balaban J connectivity index is 1.57. The van der Waals surface area contributed by atoms with E-state index < -0.39 is 39.8 Å². The standard InChI is InChI=1S/C18H20N4O7S/c23-15-10-14(20-18(26)21-15)17(25)29-11-16(24)19-12-4-6-13(7-5-12)30(27,28)22-8-2-1-3-9-22/h4-7,10H,1-3,8-9,11H2,(H,19,24)(H2,20,21,23,26). The first-order chi connectivity index (χ1) is 14.3. The third kappa shape index (κ3) is 5.21. The first-order valence-electron chi connectivity index (χ1n) is 9.16. The fraction of sp³-hybridized carbons (Fsp3) is 0.333. The number of benzene rings is 1. The number of aromatic amines is 2. The number of nitrogens with zero attached hydrogens (tertiary/aromatic N) is 1. The van der Waals surface area contributed by atoms with Crippen LogP contribution >= 0.6 is 0 Å². The molecular weight excluding hydrogens is 416 g/mol. The number of H-pyrrole nitrogens is 2. The van der Waals surface area contributed by atoms with Gasteiger partial charge in [-0.05, 0) is 37.1 Å². The predicted molar refractivity (Wildman–Crippen MR) is 106 cm³/mol. The maximum absolute atomic E-state index is 12.6. The van der Waals surface area contributed by atoms with Gasteiger partial charge in [-0.1, -0.05) is 6.42 Å². The molecule has 0 unspecified atom stereocenters. The zero-order chi connectivity index (χ0) is 21.7. The number of nitrogens with one attached hydrogen (secondary N) is 3. The van der Waals surface area contributed by atoms with E-state index in [1.807, 2.05) is 4.98 Å². The molecule has 0 aliphatic carbocycles. The number of carbonyl (C=O) groups excluding carboxylic acids is 2. The van der Waals surface area contributed by atoms with Gasteiger partial charge in [0.25, 0.3) is 11.5 Å². The van der Waals surface area contributed by atoms with Crippen LogP contribution in [0.15, 0.2) is 44.8 Å². The summed E-state index contributed by atoms with van der Waals surface area (Å²) in [5.41, 5.74) is -1.73. The number of anilines is 1. The fourth-order valence-corrected chi connectivity index (χ4v) is 4.47. The van der Waals surface area contributed by atoms with Crippen molar-refractivity contribution < 1.29 is 22.7 Å². The minimum absolute atomic E-state index is 0.132. The lowest BCUT2D eigenvalue weighted by atomic mass is 10.2. The van der Waals surface area contributed by atoms with Crippen LogP contribution in [0.2, 0.25) is 0 Å². The minimum Gasteiger partial charge on any atom is -0.451 e. The first kappa shape index (κ1) is 21.5. The lowest BCUT2D eigenvalue weighted by Crippen LogP contribution is -2.35. The van der Waals surface area contributed by atoms with Gasteiger partial charge >= 0.3 is 11.7 Å². The molecule has 1 aromatic carbocycles. The highest BCUT2D eigenvalue weighted by atomic mass is 32.2. The van der Waals surface area contributed by atoms with E-state index >= 15 is 0 Å². The highest BCUT2D eigenvalue weighted by Gasteiger charge is 2.25. The van der Waals surface area contributed by atoms with Gasteiger partial charge in [0.2, 0.25) is 10.0 Å². The molecular formula is C18H20N4O7S. The van der Waals surface area contributed by atoms with E-state index in [2.05, 4.69) is 10.3 Å². The molecule has 0 radical (unpaired) electrons. The molecule has 11 nitrogen and oxygen atoms in total. The average Bonchev–Trinajstić information content (AvgIpc) is 2.72. The number of hydrogen-bond acceptors (Lipinski definition) is 7. The topological polar surface area (TPSA) is 158 Å². The molecule has 3 rings (SSSR count). The van der Waals surface area contributed by atoms with Crippen LogP contribution < -0.4 is 16.6 Å². The third-order valence-electron chi connectivity index (χ3n) is 4.41. The number of amides is 1. The summed E-state index contributed by atoms with van der Waals surface area (Å²) in [7, 11) is -3.57. The number of carbonyl (C=O) groups is 2. The summed E-state index contributed by atoms with van der Waals surface area (Å²) in [6.45, 7) is 0.316. The van der Waals surface area contributed by atoms with Crippen molar-refractivity contribution in [3.05, 3.63) is 56.9 Å². The van der Waals surface area contributed by atoms with Crippen LogP contribution in [0.25, 0.3) is 0 Å². The Labute approximate surface area is 171 Å². The van der Waals surface area contributed by atoms with Crippen molar-refractivity contribution in [3.63, 3.8) is 0 Å². The maximum Gasteiger partial charge on any atom is 0.355 e. The van der Waals surface area contributed by atoms with Crippen molar-refractivity contribution in [2.45, 2.75) is 24.2 Å². The van der Waals surface area contributed by atoms with Crippen LogP contribution in [0, 0.1) is 0 Å². The maximum atomic E-state index is 12.6. The Morgan fingerprint density at radius 2 is 1.70 bits per heavy atom. The molecule has 0 saturated carbocycles. The van der Waals surface area contributed by atoms with E-state index in [1.165, 1.54) is 28.6 Å². The summed E-state index contributed by atoms with van der Waals surface area (Å²) in [6.07, 6.45) is 2.67. The van der Waals surface area contributed by atoms with Gasteiger partial charge in [-0.15, -0.1) is 0 Å². The van der Waals surface area contributed by atoms with Crippen LogP contribution in [0.5, 0.6) is 0 Å². The van der Waals surface area contributed by atoms with Crippen LogP contribution in [-0.4, -0.2) is 54.3 Å². The molecule has 2 heterocycles. The zero-order valence-corrected chi connectivity index (χ0v) is 16.7. The van der Waals surface area contributed by atoms with Gasteiger partial charge in [0, 0.05) is 24.8 Å². The van der Waals surface area contributed by atoms with Crippen LogP contribution in [-0.2, 0) is 19.6 Å². The van der Waals surface area contributed by atoms with Crippen molar-refractivity contribution >= 4 is 27.6 Å². The second-order valence-electron chi connectivity index (χ2n) is 6.61. The Morgan fingerprint density at radius 1 is 1.03 bits per heavy atom. The summed E-state index contributed by atoms with van der Waals surface area (Å²) < 4.78 is 31.4. The molecule has 12 heteroatoms. The molecule has 1 amide bonds. The molecule has 2 aromatic rings. The Kier molecular flexibility index (Phi) is 6.47. The van der Waals surface area contributed by atoms with Gasteiger partial charge in [0.15, 0.2) is 6.61 Å². The van der Waals surface area contributed by atoms with Crippen molar-refractivity contribution in [3.8, 4) is 0 Å². The van der Waals surface area contributed by atoms with Crippen LogP contribution in [0.3, 0.4) is 0 Å². The molecule has 3 N–H and O–H groups in total. The number of sulfonamides is 1. The second-order valence-corrected chi connectivity index (χ2v) is 8.55. The van der Waals surface area contributed by atoms with Crippen molar-refractivity contribution in [1.29, 1.82) is 0 Å². The summed E-state index contributed by atoms with van der Waals surface area (Å²) in [4.78, 5) is 50.2. The summed E-state index contributed by atoms with van der Waals surface area (Å²) in [5, 5.41) is 2.47. The van der Waals surface area contributed by atoms with Crippen molar-refractivity contribution in [1.82, 2.24) is 14.3 Å². The lowest BCUT2D eigenvalue weighted by Gasteiger charge is -2.25. The molecule has 0 atom stereocenters. The molecule has 1 aliphatic heterocycles. The van der Waals surface area contributed by atoms with E-state index in [-0.39, 0.29) is 10.6 Å². The van der Waals surface area contributed by atoms with E-state index in [0.717, 1.165) is 25.3 Å². The average molecular weight is 436 g/mol. The highest BCUT2D eigenvalue weighted by Crippen LogP contribution is 2.21. The van der Waals surface area contributed by atoms with Gasteiger partial charge in [-0.2, -0.15) is 4.31 Å². The molecule has 30 heavy (non-hydrogen) atoms. The minimum atomic E-state index is -3.57. The number of esters is 1. The van der Waals surface area contributed by atoms with Crippen molar-refractivity contribution in [2.75, 3.05) is 25.0 Å². The van der Waals surface area contributed by atoms with E-state index in [4.69, 9.17) is 4.74 Å².